The molecule has 1 aliphatic rings. The van der Waals surface area contributed by atoms with Gasteiger partial charge >= 0.3 is 0 Å². The van der Waals surface area contributed by atoms with Crippen molar-refractivity contribution in [1.82, 2.24) is 4.98 Å². The minimum atomic E-state index is -0.0899. The van der Waals surface area contributed by atoms with E-state index in [-0.39, 0.29) is 5.91 Å². The lowest BCUT2D eigenvalue weighted by molar-refractivity contribution is 0.0979. The van der Waals surface area contributed by atoms with Gasteiger partial charge in [-0.15, -0.1) is 0 Å². The molecule has 0 spiro atoms. The Hall–Kier alpha value is -1.88. The molecule has 0 bridgehead atoms. The second-order valence-electron chi connectivity index (χ2n) is 4.89. The lowest BCUT2D eigenvalue weighted by Crippen LogP contribution is -2.36. The van der Waals surface area contributed by atoms with E-state index in [1.165, 1.54) is 0 Å². The number of carbonyl (C=O) groups is 1. The van der Waals surface area contributed by atoms with Gasteiger partial charge in [-0.25, -0.2) is 4.98 Å². The third-order valence-electron chi connectivity index (χ3n) is 3.59. The molecule has 1 aromatic carbocycles. The van der Waals surface area contributed by atoms with E-state index in [0.29, 0.717) is 12.2 Å². The van der Waals surface area contributed by atoms with E-state index < -0.39 is 0 Å². The molecule has 4 nitrogen and oxygen atoms in total. The minimum Gasteiger partial charge on any atom is -0.495 e. The van der Waals surface area contributed by atoms with Crippen molar-refractivity contribution in [3.8, 4) is 5.75 Å². The van der Waals surface area contributed by atoms with Crippen LogP contribution in [-0.2, 0) is 6.42 Å². The molecule has 1 amide bonds. The van der Waals surface area contributed by atoms with Crippen LogP contribution in [0.1, 0.15) is 22.5 Å². The Bertz CT molecular complexity index is 656. The number of benzene rings is 1. The Morgan fingerprint density at radius 2 is 2.19 bits per heavy atom. The van der Waals surface area contributed by atoms with Gasteiger partial charge in [-0.3, -0.25) is 4.79 Å². The summed E-state index contributed by atoms with van der Waals surface area (Å²) in [6.45, 7) is 0.684. The van der Waals surface area contributed by atoms with Crippen LogP contribution in [0.4, 0.5) is 5.69 Å². The summed E-state index contributed by atoms with van der Waals surface area (Å²) in [6, 6.07) is 9.46. The Morgan fingerprint density at radius 3 is 2.90 bits per heavy atom. The lowest BCUT2D eigenvalue weighted by Gasteiger charge is -2.30. The van der Waals surface area contributed by atoms with Gasteiger partial charge in [-0.1, -0.05) is 12.1 Å². The molecular formula is C16H15BrN2O2. The minimum absolute atomic E-state index is 0.0899. The highest BCUT2D eigenvalue weighted by molar-refractivity contribution is 9.10. The van der Waals surface area contributed by atoms with E-state index in [9.17, 15) is 4.79 Å². The van der Waals surface area contributed by atoms with Gasteiger partial charge in [-0.05, 0) is 52.5 Å². The van der Waals surface area contributed by atoms with Crippen LogP contribution in [0.2, 0.25) is 0 Å². The van der Waals surface area contributed by atoms with Crippen LogP contribution in [0.3, 0.4) is 0 Å². The predicted molar refractivity (Wildman–Crippen MR) is 84.9 cm³/mol. The highest BCUT2D eigenvalue weighted by Gasteiger charge is 2.27. The largest absolute Gasteiger partial charge is 0.495 e. The highest BCUT2D eigenvalue weighted by atomic mass is 79.9. The number of fused-ring (bicyclic) bond motifs is 1. The van der Waals surface area contributed by atoms with Crippen LogP contribution < -0.4 is 9.64 Å². The van der Waals surface area contributed by atoms with Crippen molar-refractivity contribution >= 4 is 27.5 Å². The zero-order valence-corrected chi connectivity index (χ0v) is 13.3. The molecule has 2 aromatic rings. The van der Waals surface area contributed by atoms with E-state index in [1.807, 2.05) is 24.3 Å². The molecule has 0 unspecified atom stereocenters. The first-order valence-electron chi connectivity index (χ1n) is 6.80. The van der Waals surface area contributed by atoms with Crippen LogP contribution >= 0.6 is 15.9 Å². The molecule has 0 fully saturated rings. The van der Waals surface area contributed by atoms with Gasteiger partial charge in [0.15, 0.2) is 0 Å². The van der Waals surface area contributed by atoms with Gasteiger partial charge < -0.3 is 9.64 Å². The molecule has 0 aliphatic carbocycles. The van der Waals surface area contributed by atoms with Gasteiger partial charge in [0.1, 0.15) is 11.4 Å². The third-order valence-corrected chi connectivity index (χ3v) is 4.06. The number of hydrogen-bond acceptors (Lipinski definition) is 3. The summed E-state index contributed by atoms with van der Waals surface area (Å²) in [5, 5.41) is 0. The highest BCUT2D eigenvalue weighted by Crippen LogP contribution is 2.36. The topological polar surface area (TPSA) is 42.4 Å². The summed E-state index contributed by atoms with van der Waals surface area (Å²) in [7, 11) is 1.63. The number of rotatable bonds is 2. The first-order valence-corrected chi connectivity index (χ1v) is 7.59. The number of methoxy groups -OCH3 is 1. The van der Waals surface area contributed by atoms with E-state index in [2.05, 4.69) is 20.9 Å². The van der Waals surface area contributed by atoms with Crippen molar-refractivity contribution in [1.29, 1.82) is 0 Å². The Labute approximate surface area is 131 Å². The van der Waals surface area contributed by atoms with Crippen molar-refractivity contribution < 1.29 is 9.53 Å². The fraction of sp³-hybridized carbons (Fsp3) is 0.250. The smallest absolute Gasteiger partial charge is 0.276 e. The predicted octanol–water partition coefficient (Wildman–Crippen LogP) is 3.45. The molecule has 0 atom stereocenters. The number of anilines is 1. The maximum absolute atomic E-state index is 12.7. The second kappa shape index (κ2) is 5.85. The van der Waals surface area contributed by atoms with E-state index in [0.717, 1.165) is 34.3 Å². The summed E-state index contributed by atoms with van der Waals surface area (Å²) in [5.41, 5.74) is 2.46. The van der Waals surface area contributed by atoms with Crippen LogP contribution in [0.5, 0.6) is 5.75 Å². The molecule has 3 rings (SSSR count). The zero-order valence-electron chi connectivity index (χ0n) is 11.7. The van der Waals surface area contributed by atoms with Crippen molar-refractivity contribution in [3.05, 3.63) is 52.3 Å². The number of nitrogens with zero attached hydrogens (tertiary/aromatic N) is 2. The fourth-order valence-electron chi connectivity index (χ4n) is 2.62. The van der Waals surface area contributed by atoms with Gasteiger partial charge in [0.2, 0.25) is 0 Å². The molecule has 0 saturated carbocycles. The van der Waals surface area contributed by atoms with Gasteiger partial charge in [0.25, 0.3) is 5.91 Å². The second-order valence-corrected chi connectivity index (χ2v) is 5.81. The number of para-hydroxylation sites is 1. The third kappa shape index (κ3) is 2.65. The zero-order chi connectivity index (χ0) is 14.8. The van der Waals surface area contributed by atoms with Gasteiger partial charge in [0, 0.05) is 17.2 Å². The maximum atomic E-state index is 12.7. The van der Waals surface area contributed by atoms with E-state index in [4.69, 9.17) is 4.74 Å². The van der Waals surface area contributed by atoms with Gasteiger partial charge in [0.05, 0.1) is 12.8 Å². The van der Waals surface area contributed by atoms with Crippen LogP contribution in [0, 0.1) is 0 Å². The normalized spacial score (nSPS) is 13.7. The Morgan fingerprint density at radius 1 is 1.33 bits per heavy atom. The average molecular weight is 347 g/mol. The molecule has 108 valence electrons. The number of aromatic nitrogens is 1. The molecule has 1 aromatic heterocycles. The molecule has 0 radical (unpaired) electrons. The first-order chi connectivity index (χ1) is 10.2. The van der Waals surface area contributed by atoms with Crippen molar-refractivity contribution in [2.75, 3.05) is 18.6 Å². The Balaban J connectivity index is 2.01. The summed E-state index contributed by atoms with van der Waals surface area (Å²) in [6.07, 6.45) is 3.55. The number of ether oxygens (including phenoxy) is 1. The van der Waals surface area contributed by atoms with Gasteiger partial charge in [-0.2, -0.15) is 0 Å². The van der Waals surface area contributed by atoms with Crippen molar-refractivity contribution in [2.45, 2.75) is 12.8 Å². The summed E-state index contributed by atoms with van der Waals surface area (Å²) >= 11 is 3.33. The molecule has 1 aliphatic heterocycles. The number of carbonyl (C=O) groups excluding carboxylic acids is 1. The summed E-state index contributed by atoms with van der Waals surface area (Å²) in [5.74, 6) is 0.644. The SMILES string of the molecule is COc1cccc2c1N(C(=O)c1ccc(Br)cn1)CCC2. The first kappa shape index (κ1) is 14.1. The van der Waals surface area contributed by atoms with Crippen molar-refractivity contribution in [2.24, 2.45) is 0 Å². The molecular weight excluding hydrogens is 332 g/mol. The number of amides is 1. The van der Waals surface area contributed by atoms with E-state index in [1.54, 1.807) is 24.3 Å². The lowest BCUT2D eigenvalue weighted by atomic mass is 10.0. The maximum Gasteiger partial charge on any atom is 0.276 e. The molecule has 0 N–H and O–H groups in total. The quantitative estimate of drug-likeness (QED) is 0.836. The number of halogens is 1. The molecule has 21 heavy (non-hydrogen) atoms. The van der Waals surface area contributed by atoms with Crippen molar-refractivity contribution in [3.63, 3.8) is 0 Å². The molecule has 0 saturated heterocycles. The Kier molecular flexibility index (Phi) is 3.92. The van der Waals surface area contributed by atoms with Crippen LogP contribution in [0.15, 0.2) is 41.0 Å². The fourth-order valence-corrected chi connectivity index (χ4v) is 2.86. The summed E-state index contributed by atoms with van der Waals surface area (Å²) < 4.78 is 6.28. The van der Waals surface area contributed by atoms with Crippen LogP contribution in [-0.4, -0.2) is 24.5 Å². The number of pyridine rings is 1. The average Bonchev–Trinajstić information content (AvgIpc) is 2.53. The summed E-state index contributed by atoms with van der Waals surface area (Å²) in [4.78, 5) is 18.7. The monoisotopic (exact) mass is 346 g/mol. The van der Waals surface area contributed by atoms with Crippen LogP contribution in [0.25, 0.3) is 0 Å². The number of hydrogen-bond donors (Lipinski definition) is 0. The molecule has 2 heterocycles. The van der Waals surface area contributed by atoms with E-state index >= 15 is 0 Å². The standard InChI is InChI=1S/C16H15BrN2O2/c1-21-14-6-2-4-11-5-3-9-19(15(11)14)16(20)13-8-7-12(17)10-18-13/h2,4,6-8,10H,3,5,9H2,1H3. The molecule has 5 heteroatoms. The number of aryl methyl sites for hydroxylation is 1.